The summed E-state index contributed by atoms with van der Waals surface area (Å²) >= 11 is 0. The molecule has 0 spiro atoms. The highest BCUT2D eigenvalue weighted by atomic mass is 16.8. The Morgan fingerprint density at radius 2 is 2.00 bits per heavy atom. The Kier molecular flexibility index (Phi) is 8.33. The molecule has 3 heterocycles. The van der Waals surface area contributed by atoms with Crippen LogP contribution >= 0.6 is 0 Å². The summed E-state index contributed by atoms with van der Waals surface area (Å²) in [5, 5.41) is 32.7. The number of carbonyl (C=O) groups excluding carboxylic acids is 2. The Balaban J connectivity index is 1.86. The first-order valence-corrected chi connectivity index (χ1v) is 12.3. The number of aliphatic imine (C=N–C) groups is 1. The molecule has 0 saturated carbocycles. The summed E-state index contributed by atoms with van der Waals surface area (Å²) in [5.74, 6) is -1.88. The highest BCUT2D eigenvalue weighted by molar-refractivity contribution is 6.10. The fraction of sp³-hybridized carbons (Fsp3) is 0.640. The predicted molar refractivity (Wildman–Crippen MR) is 135 cm³/mol. The number of H-pyrrole nitrogens is 1. The number of carbonyl (C=O) groups is 2. The number of ether oxygens (including phenoxy) is 4. The number of aromatic nitrogens is 1. The Labute approximate surface area is 221 Å². The summed E-state index contributed by atoms with van der Waals surface area (Å²) in [5.41, 5.74) is -1.81. The van der Waals surface area contributed by atoms with Crippen LogP contribution in [0.3, 0.4) is 0 Å². The number of aliphatic hydroxyl groups excluding tert-OH is 1. The predicted octanol–water partition coefficient (Wildman–Crippen LogP) is 1.66. The van der Waals surface area contributed by atoms with Crippen LogP contribution in [-0.4, -0.2) is 76.6 Å². The molecule has 13 nitrogen and oxygen atoms in total. The van der Waals surface area contributed by atoms with E-state index in [2.05, 4.69) is 26.7 Å². The fourth-order valence-corrected chi connectivity index (χ4v) is 4.40. The second kappa shape index (κ2) is 10.8. The number of rotatable bonds is 7. The lowest BCUT2D eigenvalue weighted by molar-refractivity contribution is -0.204. The average molecular weight is 533 g/mol. The number of hydrogen-bond donors (Lipinski definition) is 5. The van der Waals surface area contributed by atoms with Crippen LogP contribution in [0.4, 0.5) is 4.79 Å². The third kappa shape index (κ3) is 6.05. The van der Waals surface area contributed by atoms with Crippen LogP contribution in [0.1, 0.15) is 59.9 Å². The lowest BCUT2D eigenvalue weighted by Gasteiger charge is -2.28. The Hall–Kier alpha value is -3.31. The van der Waals surface area contributed by atoms with Gasteiger partial charge in [0.15, 0.2) is 11.6 Å². The number of nitrogens with one attached hydrogen (secondary N) is 4. The largest absolute Gasteiger partial charge is 0.444 e. The summed E-state index contributed by atoms with van der Waals surface area (Å²) < 4.78 is 23.1. The van der Waals surface area contributed by atoms with Crippen LogP contribution in [-0.2, 0) is 29.3 Å². The Morgan fingerprint density at radius 3 is 2.55 bits per heavy atom. The third-order valence-electron chi connectivity index (χ3n) is 5.98. The molecule has 3 rings (SSSR count). The van der Waals surface area contributed by atoms with E-state index in [1.165, 1.54) is 0 Å². The Bertz CT molecular complexity index is 1130. The summed E-state index contributed by atoms with van der Waals surface area (Å²) in [4.78, 5) is 32.4. The Morgan fingerprint density at radius 1 is 1.32 bits per heavy atom. The molecule has 0 bridgehead atoms. The highest BCUT2D eigenvalue weighted by Crippen LogP contribution is 2.48. The van der Waals surface area contributed by atoms with E-state index in [1.54, 1.807) is 60.6 Å². The van der Waals surface area contributed by atoms with Crippen molar-refractivity contribution in [3.63, 3.8) is 0 Å². The van der Waals surface area contributed by atoms with Gasteiger partial charge in [0, 0.05) is 0 Å². The van der Waals surface area contributed by atoms with Gasteiger partial charge in [0.25, 0.3) is 0 Å². The molecule has 0 aromatic carbocycles. The van der Waals surface area contributed by atoms with Gasteiger partial charge >= 0.3 is 6.09 Å². The van der Waals surface area contributed by atoms with Gasteiger partial charge < -0.3 is 39.7 Å². The molecule has 13 heteroatoms. The minimum absolute atomic E-state index is 0.0156. The first-order valence-electron chi connectivity index (χ1n) is 12.3. The van der Waals surface area contributed by atoms with E-state index in [4.69, 9.17) is 24.4 Å². The zero-order chi connectivity index (χ0) is 28.5. The number of amidine groups is 1. The number of alkyl carbamates (subject to hydrolysis) is 1. The first kappa shape index (κ1) is 29.2. The van der Waals surface area contributed by atoms with Crippen molar-refractivity contribution in [2.24, 2.45) is 10.9 Å². The normalized spacial score (nSPS) is 27.4. The monoisotopic (exact) mass is 532 g/mol. The van der Waals surface area contributed by atoms with Crippen LogP contribution in [0.15, 0.2) is 17.1 Å². The molecule has 2 amide bonds. The molecule has 2 saturated heterocycles. The second-order valence-electron chi connectivity index (χ2n) is 11.0. The molecule has 208 valence electrons. The van der Waals surface area contributed by atoms with E-state index >= 15 is 0 Å². The zero-order valence-corrected chi connectivity index (χ0v) is 22.6. The van der Waals surface area contributed by atoms with E-state index < -0.39 is 53.3 Å². The van der Waals surface area contributed by atoms with E-state index in [9.17, 15) is 20.0 Å². The SMILES string of the molecule is CC(C)[C@H](NC(=O)OC(C)(C)C)C(=O)N/C(=N/C=N)c1ccc([C@]2(C#N)O[C@H](CO)[C@H]3OC(C)(C)O[C@H]32)[nH]1. The van der Waals surface area contributed by atoms with Gasteiger partial charge in [-0.05, 0) is 52.7 Å². The molecule has 1 aromatic heterocycles. The fourth-order valence-electron chi connectivity index (χ4n) is 4.40. The van der Waals surface area contributed by atoms with E-state index in [1.807, 2.05) is 0 Å². The van der Waals surface area contributed by atoms with Crippen molar-refractivity contribution < 1.29 is 33.6 Å². The molecule has 38 heavy (non-hydrogen) atoms. The lowest BCUT2D eigenvalue weighted by atomic mass is 9.93. The number of nitriles is 1. The number of amides is 2. The quantitative estimate of drug-likeness (QED) is 0.259. The summed E-state index contributed by atoms with van der Waals surface area (Å²) in [7, 11) is 0. The molecule has 0 unspecified atom stereocenters. The highest BCUT2D eigenvalue weighted by Gasteiger charge is 2.64. The second-order valence-corrected chi connectivity index (χ2v) is 11.0. The van der Waals surface area contributed by atoms with Crippen molar-refractivity contribution in [2.75, 3.05) is 6.61 Å². The smallest absolute Gasteiger partial charge is 0.408 e. The molecule has 5 N–H and O–H groups in total. The molecular formula is C25H36N6O7. The summed E-state index contributed by atoms with van der Waals surface area (Å²) in [6.45, 7) is 11.7. The maximum absolute atomic E-state index is 13.1. The van der Waals surface area contributed by atoms with Crippen LogP contribution in [0, 0.1) is 22.7 Å². The summed E-state index contributed by atoms with van der Waals surface area (Å²) in [6.07, 6.45) is -2.31. The van der Waals surface area contributed by atoms with Gasteiger partial charge in [0.1, 0.15) is 42.4 Å². The number of hydrogen-bond acceptors (Lipinski definition) is 9. The summed E-state index contributed by atoms with van der Waals surface area (Å²) in [6, 6.07) is 4.34. The molecule has 5 atom stereocenters. The van der Waals surface area contributed by atoms with Gasteiger partial charge in [-0.2, -0.15) is 5.26 Å². The van der Waals surface area contributed by atoms with Crippen molar-refractivity contribution in [1.29, 1.82) is 10.7 Å². The number of aromatic amines is 1. The molecular weight excluding hydrogens is 496 g/mol. The van der Waals surface area contributed by atoms with E-state index in [-0.39, 0.29) is 24.1 Å². The molecule has 2 fully saturated rings. The standard InChI is InChI=1S/C25H36N6O7/c1-13(2)17(30-22(34)38-23(3,4)5)21(33)31-20(28-12-27)14-8-9-16(29-14)25(11-26)19-18(15(10-32)35-25)36-24(6,7)37-19/h8-9,12-13,15,17-19,29,32H,10H2,1-7H3,(H,30,34)(H2,27,28,31,33)/t15-,17+,18-,19-,25+/m1/s1. The maximum atomic E-state index is 13.1. The molecule has 0 aliphatic carbocycles. The lowest BCUT2D eigenvalue weighted by Crippen LogP contribution is -2.52. The van der Waals surface area contributed by atoms with E-state index in [0.29, 0.717) is 5.69 Å². The number of fused-ring (bicyclic) bond motifs is 1. The van der Waals surface area contributed by atoms with Crippen LogP contribution in [0.25, 0.3) is 0 Å². The third-order valence-corrected chi connectivity index (χ3v) is 5.98. The van der Waals surface area contributed by atoms with Gasteiger partial charge in [-0.15, -0.1) is 0 Å². The minimum Gasteiger partial charge on any atom is -0.444 e. The van der Waals surface area contributed by atoms with Gasteiger partial charge in [-0.25, -0.2) is 9.79 Å². The number of nitrogens with zero attached hydrogens (tertiary/aromatic N) is 2. The average Bonchev–Trinajstić information content (AvgIpc) is 3.48. The van der Waals surface area contributed by atoms with Gasteiger partial charge in [-0.3, -0.25) is 10.2 Å². The molecule has 0 radical (unpaired) electrons. The molecule has 1 aromatic rings. The topological polar surface area (TPSA) is 191 Å². The van der Waals surface area contributed by atoms with Crippen molar-refractivity contribution in [3.05, 3.63) is 23.5 Å². The zero-order valence-electron chi connectivity index (χ0n) is 22.6. The van der Waals surface area contributed by atoms with Crippen molar-refractivity contribution in [2.45, 2.75) is 89.8 Å². The van der Waals surface area contributed by atoms with Gasteiger partial charge in [-0.1, -0.05) is 13.8 Å². The minimum atomic E-state index is -1.64. The maximum Gasteiger partial charge on any atom is 0.408 e. The van der Waals surface area contributed by atoms with Crippen LogP contribution in [0.5, 0.6) is 0 Å². The van der Waals surface area contributed by atoms with Gasteiger partial charge in [0.05, 0.1) is 18.0 Å². The van der Waals surface area contributed by atoms with Crippen molar-refractivity contribution in [3.8, 4) is 6.07 Å². The molecule has 2 aliphatic heterocycles. The van der Waals surface area contributed by atoms with Gasteiger partial charge in [0.2, 0.25) is 11.5 Å². The number of aliphatic hydroxyl groups is 1. The van der Waals surface area contributed by atoms with Crippen LogP contribution in [0.2, 0.25) is 0 Å². The molecule has 2 aliphatic rings. The van der Waals surface area contributed by atoms with Crippen LogP contribution < -0.4 is 10.6 Å². The van der Waals surface area contributed by atoms with E-state index in [0.717, 1.165) is 6.34 Å². The van der Waals surface area contributed by atoms with Crippen molar-refractivity contribution in [1.82, 2.24) is 15.6 Å². The van der Waals surface area contributed by atoms with Crippen molar-refractivity contribution >= 4 is 24.2 Å². The first-order chi connectivity index (χ1) is 17.7.